The quantitative estimate of drug-likeness (QED) is 0.541. The predicted molar refractivity (Wildman–Crippen MR) is 42.7 cm³/mol. The maximum Gasteiger partial charge on any atom is 0.254 e. The zero-order valence-corrected chi connectivity index (χ0v) is 7.31. The van der Waals surface area contributed by atoms with Crippen LogP contribution in [0.3, 0.4) is 0 Å². The van der Waals surface area contributed by atoms with E-state index in [2.05, 4.69) is 0 Å². The summed E-state index contributed by atoms with van der Waals surface area (Å²) in [5, 5.41) is 20.9. The van der Waals surface area contributed by atoms with E-state index in [9.17, 15) is 15.2 Å². The molecule has 0 aliphatic carbocycles. The Morgan fingerprint density at radius 1 is 1.75 bits per heavy atom. The molecule has 1 aliphatic rings. The third-order valence-corrected chi connectivity index (χ3v) is 2.07. The van der Waals surface area contributed by atoms with Crippen LogP contribution in [0.5, 0.6) is 0 Å². The Hall–Kier alpha value is -0.940. The van der Waals surface area contributed by atoms with Crippen LogP contribution in [-0.2, 0) is 0 Å². The van der Waals surface area contributed by atoms with Crippen LogP contribution in [0.2, 0.25) is 0 Å². The van der Waals surface area contributed by atoms with Crippen LogP contribution in [0.25, 0.3) is 0 Å². The van der Waals surface area contributed by atoms with Gasteiger partial charge in [-0.05, 0) is 6.92 Å². The molecule has 0 unspecified atom stereocenters. The van der Waals surface area contributed by atoms with Gasteiger partial charge in [-0.25, -0.2) is 0 Å². The van der Waals surface area contributed by atoms with E-state index >= 15 is 0 Å². The van der Waals surface area contributed by atoms with Crippen molar-refractivity contribution >= 4 is 0 Å². The molecule has 5 nitrogen and oxygen atoms in total. The highest BCUT2D eigenvalue weighted by Crippen LogP contribution is 2.25. The first-order valence-corrected chi connectivity index (χ1v) is 3.66. The van der Waals surface area contributed by atoms with Crippen molar-refractivity contribution in [2.24, 2.45) is 0 Å². The van der Waals surface area contributed by atoms with Crippen LogP contribution in [0.1, 0.15) is 20.8 Å². The summed E-state index contributed by atoms with van der Waals surface area (Å²) >= 11 is 0. The molecule has 0 saturated heterocycles. The van der Waals surface area contributed by atoms with Crippen molar-refractivity contribution in [1.29, 1.82) is 0 Å². The van der Waals surface area contributed by atoms with Crippen molar-refractivity contribution in [2.75, 3.05) is 0 Å². The monoisotopic (exact) mass is 172 g/mol. The minimum absolute atomic E-state index is 0.219. The molecule has 0 aromatic heterocycles. The van der Waals surface area contributed by atoms with Crippen molar-refractivity contribution in [1.82, 2.24) is 5.06 Å². The van der Waals surface area contributed by atoms with Gasteiger partial charge in [0.25, 0.3) is 5.54 Å². The lowest BCUT2D eigenvalue weighted by Crippen LogP contribution is -2.54. The average molecular weight is 172 g/mol. The van der Waals surface area contributed by atoms with Crippen molar-refractivity contribution < 1.29 is 9.87 Å². The molecule has 0 aromatic carbocycles. The van der Waals surface area contributed by atoms with Gasteiger partial charge in [0.05, 0.1) is 5.70 Å². The van der Waals surface area contributed by atoms with Crippen LogP contribution in [0, 0.1) is 10.1 Å². The highest BCUT2D eigenvalue weighted by Gasteiger charge is 2.46. The third kappa shape index (κ3) is 1.11. The first-order valence-electron chi connectivity index (χ1n) is 3.66. The number of hydrogen-bond acceptors (Lipinski definition) is 4. The van der Waals surface area contributed by atoms with E-state index in [0.29, 0.717) is 9.82 Å². The number of nitroso groups, excluding NO2 is 1. The van der Waals surface area contributed by atoms with E-state index in [4.69, 9.17) is 0 Å². The highest BCUT2D eigenvalue weighted by atomic mass is 16.5. The number of aliphatic hydroxyl groups excluding tert-OH is 1. The van der Waals surface area contributed by atoms with Crippen molar-refractivity contribution in [2.45, 2.75) is 32.5 Å². The number of hydroxylamine groups is 2. The van der Waals surface area contributed by atoms with Gasteiger partial charge in [0.2, 0.25) is 6.20 Å². The maximum absolute atomic E-state index is 11.2. The van der Waals surface area contributed by atoms with Crippen LogP contribution in [0.4, 0.5) is 0 Å². The molecule has 0 amide bonds. The molecule has 0 spiro atoms. The molecule has 0 aromatic rings. The molecular formula is C7H12N2O3. The second kappa shape index (κ2) is 2.53. The molecule has 12 heavy (non-hydrogen) atoms. The fourth-order valence-electron chi connectivity index (χ4n) is 0.987. The molecule has 1 atom stereocenters. The summed E-state index contributed by atoms with van der Waals surface area (Å²) in [6.07, 6.45) is -0.125. The standard InChI is InChI=1S/C7H12N2O3/c1-5-4-8(11)7(2,3)6(10)9(5)12/h4,6,10H,1-3H3/t6-/m0/s1. The van der Waals surface area contributed by atoms with E-state index in [0.717, 1.165) is 0 Å². The first-order chi connectivity index (χ1) is 5.37. The van der Waals surface area contributed by atoms with Crippen LogP contribution < -0.4 is 0 Å². The summed E-state index contributed by atoms with van der Waals surface area (Å²) in [6.45, 7) is 4.51. The summed E-state index contributed by atoms with van der Waals surface area (Å²) in [7, 11) is 0. The zero-order chi connectivity index (χ0) is 9.52. The van der Waals surface area contributed by atoms with E-state index in [-0.39, 0.29) is 5.70 Å². The fourth-order valence-corrected chi connectivity index (χ4v) is 0.987. The van der Waals surface area contributed by atoms with Gasteiger partial charge >= 0.3 is 0 Å². The minimum atomic E-state index is -1.31. The van der Waals surface area contributed by atoms with E-state index in [1.54, 1.807) is 0 Å². The number of nitrogens with zero attached hydrogens (tertiary/aromatic N) is 2. The summed E-state index contributed by atoms with van der Waals surface area (Å²) in [6, 6.07) is 0. The minimum Gasteiger partial charge on any atom is -0.756 e. The number of aliphatic hydroxyl groups is 1. The molecule has 1 heterocycles. The summed E-state index contributed by atoms with van der Waals surface area (Å²) in [4.78, 5) is 11.2. The fraction of sp³-hybridized carbons (Fsp3) is 0.714. The Labute approximate surface area is 70.4 Å². The average Bonchev–Trinajstić information content (AvgIpc) is 1.99. The van der Waals surface area contributed by atoms with Crippen molar-refractivity contribution in [3.8, 4) is 0 Å². The zero-order valence-electron chi connectivity index (χ0n) is 7.31. The second-order valence-electron chi connectivity index (χ2n) is 3.45. The highest BCUT2D eigenvalue weighted by molar-refractivity contribution is 5.01. The van der Waals surface area contributed by atoms with Crippen LogP contribution >= 0.6 is 0 Å². The molecule has 0 radical (unpaired) electrons. The maximum atomic E-state index is 11.2. The van der Waals surface area contributed by atoms with Gasteiger partial charge in [-0.15, -0.1) is 0 Å². The van der Waals surface area contributed by atoms with E-state index in [1.165, 1.54) is 27.0 Å². The third-order valence-electron chi connectivity index (χ3n) is 2.07. The second-order valence-corrected chi connectivity index (χ2v) is 3.45. The van der Waals surface area contributed by atoms with Gasteiger partial charge in [0.15, 0.2) is 6.23 Å². The molecule has 5 heteroatoms. The topological polar surface area (TPSA) is 66.6 Å². The van der Waals surface area contributed by atoms with Gasteiger partial charge in [0.1, 0.15) is 0 Å². The Bertz CT molecular complexity index is 247. The molecule has 1 aliphatic heterocycles. The molecule has 0 bridgehead atoms. The summed E-state index contributed by atoms with van der Waals surface area (Å²) < 4.78 is 0.599. The van der Waals surface area contributed by atoms with Gasteiger partial charge in [0, 0.05) is 23.5 Å². The van der Waals surface area contributed by atoms with Crippen LogP contribution in [-0.4, -0.2) is 26.7 Å². The first kappa shape index (κ1) is 9.15. The molecule has 1 N–H and O–H groups in total. The summed E-state index contributed by atoms with van der Waals surface area (Å²) in [5.41, 5.74) is -0.863. The number of rotatable bonds is 0. The summed E-state index contributed by atoms with van der Waals surface area (Å²) in [5.74, 6) is 0. The van der Waals surface area contributed by atoms with E-state index in [1.807, 2.05) is 0 Å². The van der Waals surface area contributed by atoms with Gasteiger partial charge in [-0.1, -0.05) is 0 Å². The van der Waals surface area contributed by atoms with E-state index < -0.39 is 11.8 Å². The van der Waals surface area contributed by atoms with Crippen molar-refractivity contribution in [3.63, 3.8) is 0 Å². The molecule has 0 fully saturated rings. The SMILES string of the molecule is CC1=C[N+](=O)C(C)(C)[C@H](O)N1[O-]. The normalized spacial score (nSPS) is 28.8. The van der Waals surface area contributed by atoms with Crippen molar-refractivity contribution in [3.05, 3.63) is 22.0 Å². The molecule has 1 rings (SSSR count). The van der Waals surface area contributed by atoms with Gasteiger partial charge < -0.3 is 15.4 Å². The molecule has 0 saturated carbocycles. The number of allylic oxidation sites excluding steroid dienone is 1. The lowest BCUT2D eigenvalue weighted by atomic mass is 10.0. The Morgan fingerprint density at radius 3 is 2.75 bits per heavy atom. The largest absolute Gasteiger partial charge is 0.756 e. The van der Waals surface area contributed by atoms with Gasteiger partial charge in [-0.2, -0.15) is 0 Å². The smallest absolute Gasteiger partial charge is 0.254 e. The number of hydrogen-bond donors (Lipinski definition) is 1. The Kier molecular flexibility index (Phi) is 1.93. The van der Waals surface area contributed by atoms with Crippen LogP contribution in [0.15, 0.2) is 11.9 Å². The van der Waals surface area contributed by atoms with Gasteiger partial charge in [-0.3, -0.25) is 0 Å². The molecule has 68 valence electrons. The Balaban J connectivity index is 3.08. The molecular weight excluding hydrogens is 160 g/mol. The lowest BCUT2D eigenvalue weighted by Gasteiger charge is -2.41. The predicted octanol–water partition coefficient (Wildman–Crippen LogP) is 0.537. The lowest BCUT2D eigenvalue weighted by molar-refractivity contribution is -0.586. The Morgan fingerprint density at radius 2 is 2.25 bits per heavy atom.